The summed E-state index contributed by atoms with van der Waals surface area (Å²) < 4.78 is 0. The Kier molecular flexibility index (Phi) is 5.19. The number of imidazole rings is 1. The molecule has 0 unspecified atom stereocenters. The van der Waals surface area contributed by atoms with Gasteiger partial charge in [-0.15, -0.1) is 0 Å². The van der Waals surface area contributed by atoms with Gasteiger partial charge in [-0.05, 0) is 44.0 Å². The third-order valence-corrected chi connectivity index (χ3v) is 6.24. The molecular weight excluding hydrogens is 392 g/mol. The molecule has 0 radical (unpaired) electrons. The van der Waals surface area contributed by atoms with Crippen LogP contribution in [0.3, 0.4) is 0 Å². The Labute approximate surface area is 181 Å². The predicted octanol–water partition coefficient (Wildman–Crippen LogP) is 2.53. The second kappa shape index (κ2) is 8.14. The number of H-pyrrole nitrogens is 1. The average Bonchev–Trinajstić information content (AvgIpc) is 3.27. The molecule has 3 aromatic rings. The first-order valence-electron chi connectivity index (χ1n) is 10.9. The number of piperazine rings is 1. The maximum atomic E-state index is 12.7. The molecule has 0 aliphatic carbocycles. The summed E-state index contributed by atoms with van der Waals surface area (Å²) in [6.45, 7) is 3.58. The van der Waals surface area contributed by atoms with E-state index in [0.29, 0.717) is 11.5 Å². The van der Waals surface area contributed by atoms with Crippen molar-refractivity contribution in [3.63, 3.8) is 0 Å². The van der Waals surface area contributed by atoms with Crippen LogP contribution in [0.25, 0.3) is 11.2 Å². The summed E-state index contributed by atoms with van der Waals surface area (Å²) in [5.41, 5.74) is 3.34. The van der Waals surface area contributed by atoms with Gasteiger partial charge >= 0.3 is 0 Å². The highest BCUT2D eigenvalue weighted by atomic mass is 16.2. The van der Waals surface area contributed by atoms with E-state index in [-0.39, 0.29) is 11.9 Å². The van der Waals surface area contributed by atoms with Crippen LogP contribution >= 0.6 is 0 Å². The van der Waals surface area contributed by atoms with Gasteiger partial charge < -0.3 is 20.1 Å². The molecule has 1 atom stereocenters. The second-order valence-corrected chi connectivity index (χ2v) is 8.41. The van der Waals surface area contributed by atoms with E-state index in [1.165, 1.54) is 6.42 Å². The van der Waals surface area contributed by atoms with Crippen LogP contribution in [0.4, 0.5) is 17.5 Å². The highest BCUT2D eigenvalue weighted by Gasteiger charge is 2.31. The van der Waals surface area contributed by atoms with Crippen molar-refractivity contribution >= 4 is 34.5 Å². The number of hydrogen-bond donors (Lipinski definition) is 2. The van der Waals surface area contributed by atoms with E-state index in [1.807, 2.05) is 38.4 Å². The Morgan fingerprint density at radius 2 is 1.77 bits per heavy atom. The first-order chi connectivity index (χ1) is 15.1. The fourth-order valence-corrected chi connectivity index (χ4v) is 4.37. The maximum Gasteiger partial charge on any atom is 0.244 e. The molecule has 2 aromatic heterocycles. The zero-order valence-electron chi connectivity index (χ0n) is 18.0. The summed E-state index contributed by atoms with van der Waals surface area (Å²) in [6.07, 6.45) is 5.23. The van der Waals surface area contributed by atoms with Crippen molar-refractivity contribution < 1.29 is 4.79 Å². The lowest BCUT2D eigenvalue weighted by Crippen LogP contribution is -2.48. The molecule has 2 aliphatic rings. The first kappa shape index (κ1) is 19.7. The summed E-state index contributed by atoms with van der Waals surface area (Å²) in [5.74, 6) is 1.56. The molecule has 31 heavy (non-hydrogen) atoms. The molecule has 162 valence electrons. The van der Waals surface area contributed by atoms with Gasteiger partial charge in [-0.25, -0.2) is 4.98 Å². The normalized spacial score (nSPS) is 20.5. The van der Waals surface area contributed by atoms with Crippen molar-refractivity contribution in [2.75, 3.05) is 50.5 Å². The minimum Gasteiger partial charge on any atom is -0.343 e. The second-order valence-electron chi connectivity index (χ2n) is 8.41. The molecule has 4 heterocycles. The van der Waals surface area contributed by atoms with Crippen molar-refractivity contribution in [1.82, 2.24) is 29.7 Å². The molecule has 5 rings (SSSR count). The van der Waals surface area contributed by atoms with E-state index in [1.54, 1.807) is 11.2 Å². The zero-order chi connectivity index (χ0) is 21.4. The van der Waals surface area contributed by atoms with Crippen molar-refractivity contribution in [3.05, 3.63) is 36.2 Å². The van der Waals surface area contributed by atoms with Gasteiger partial charge in [-0.3, -0.25) is 9.69 Å². The molecule has 0 saturated carbocycles. The zero-order valence-corrected chi connectivity index (χ0v) is 18.0. The lowest BCUT2D eigenvalue weighted by atomic mass is 10.0. The third kappa shape index (κ3) is 3.81. The van der Waals surface area contributed by atoms with Gasteiger partial charge in [0.25, 0.3) is 0 Å². The summed E-state index contributed by atoms with van der Waals surface area (Å²) in [6, 6.07) is 7.78. The van der Waals surface area contributed by atoms with Gasteiger partial charge in [0.05, 0.1) is 6.33 Å². The summed E-state index contributed by atoms with van der Waals surface area (Å²) in [7, 11) is 3.86. The van der Waals surface area contributed by atoms with Gasteiger partial charge in [-0.1, -0.05) is 12.1 Å². The standard InChI is InChI=1S/C22H28N8O/c1-28-12-13-29(2)21(31)18(28)15-6-8-16(9-7-15)25-20-17-19(24-14-23-17)26-22(27-20)30-10-4-3-5-11-30/h6-9,14,18H,3-5,10-13H2,1-2H3,(H2,23,24,25,26,27)/t18-/m1/s1. The van der Waals surface area contributed by atoms with Crippen molar-refractivity contribution in [2.24, 2.45) is 0 Å². The van der Waals surface area contributed by atoms with Crippen LogP contribution < -0.4 is 10.2 Å². The number of amides is 1. The largest absolute Gasteiger partial charge is 0.343 e. The number of anilines is 3. The minimum atomic E-state index is -0.239. The van der Waals surface area contributed by atoms with Gasteiger partial charge in [-0.2, -0.15) is 9.97 Å². The van der Waals surface area contributed by atoms with Crippen LogP contribution in [0.2, 0.25) is 0 Å². The maximum absolute atomic E-state index is 12.7. The molecule has 9 heteroatoms. The summed E-state index contributed by atoms with van der Waals surface area (Å²) in [4.78, 5) is 35.7. The Hall–Kier alpha value is -3.20. The lowest BCUT2D eigenvalue weighted by molar-refractivity contribution is -0.139. The molecule has 2 aliphatic heterocycles. The van der Waals surface area contributed by atoms with Crippen LogP contribution in [0.15, 0.2) is 30.6 Å². The van der Waals surface area contributed by atoms with Crippen LogP contribution in [0.5, 0.6) is 0 Å². The van der Waals surface area contributed by atoms with Gasteiger partial charge in [0.2, 0.25) is 11.9 Å². The number of piperidine rings is 1. The number of rotatable bonds is 4. The summed E-state index contributed by atoms with van der Waals surface area (Å²) in [5, 5.41) is 3.42. The quantitative estimate of drug-likeness (QED) is 0.670. The minimum absolute atomic E-state index is 0.135. The van der Waals surface area contributed by atoms with Gasteiger partial charge in [0.15, 0.2) is 11.5 Å². The number of nitrogens with one attached hydrogen (secondary N) is 2. The number of likely N-dealkylation sites (N-methyl/N-ethyl adjacent to an activating group) is 2. The topological polar surface area (TPSA) is 93.3 Å². The molecule has 0 spiro atoms. The van der Waals surface area contributed by atoms with Crippen molar-refractivity contribution in [2.45, 2.75) is 25.3 Å². The Morgan fingerprint density at radius 3 is 2.55 bits per heavy atom. The monoisotopic (exact) mass is 420 g/mol. The van der Waals surface area contributed by atoms with Gasteiger partial charge in [0, 0.05) is 38.9 Å². The lowest BCUT2D eigenvalue weighted by Gasteiger charge is -2.37. The predicted molar refractivity (Wildman–Crippen MR) is 120 cm³/mol. The van der Waals surface area contributed by atoms with Crippen molar-refractivity contribution in [3.8, 4) is 0 Å². The number of fused-ring (bicyclic) bond motifs is 1. The number of hydrogen-bond acceptors (Lipinski definition) is 7. The first-order valence-corrected chi connectivity index (χ1v) is 10.9. The van der Waals surface area contributed by atoms with Crippen LogP contribution in [0, 0.1) is 0 Å². The number of carbonyl (C=O) groups excluding carboxylic acids is 1. The van der Waals surface area contributed by atoms with Crippen molar-refractivity contribution in [1.29, 1.82) is 0 Å². The van der Waals surface area contributed by atoms with E-state index < -0.39 is 0 Å². The molecule has 1 amide bonds. The number of benzene rings is 1. The van der Waals surface area contributed by atoms with E-state index >= 15 is 0 Å². The average molecular weight is 421 g/mol. The Balaban J connectivity index is 1.41. The van der Waals surface area contributed by atoms with E-state index in [4.69, 9.17) is 4.98 Å². The fraction of sp³-hybridized carbons (Fsp3) is 0.455. The third-order valence-electron chi connectivity index (χ3n) is 6.24. The molecule has 2 fully saturated rings. The number of carbonyl (C=O) groups is 1. The Bertz CT molecular complexity index is 1070. The molecular formula is C22H28N8O. The SMILES string of the molecule is CN1CCN(C)[C@H](c2ccc(Nc3nc(N4CCCCC4)nc4nc[nH]c34)cc2)C1=O. The highest BCUT2D eigenvalue weighted by molar-refractivity contribution is 5.86. The van der Waals surface area contributed by atoms with Crippen LogP contribution in [-0.2, 0) is 4.79 Å². The molecule has 9 nitrogen and oxygen atoms in total. The summed E-state index contributed by atoms with van der Waals surface area (Å²) >= 11 is 0. The Morgan fingerprint density at radius 1 is 1.00 bits per heavy atom. The van der Waals surface area contributed by atoms with Crippen LogP contribution in [-0.4, -0.2) is 75.9 Å². The number of aromatic nitrogens is 4. The van der Waals surface area contributed by atoms with Crippen LogP contribution in [0.1, 0.15) is 30.9 Å². The molecule has 2 N–H and O–H groups in total. The van der Waals surface area contributed by atoms with E-state index in [0.717, 1.165) is 61.7 Å². The van der Waals surface area contributed by atoms with E-state index in [2.05, 4.69) is 30.1 Å². The number of nitrogens with zero attached hydrogens (tertiary/aromatic N) is 6. The van der Waals surface area contributed by atoms with Gasteiger partial charge in [0.1, 0.15) is 11.6 Å². The molecule has 2 saturated heterocycles. The molecule has 0 bridgehead atoms. The smallest absolute Gasteiger partial charge is 0.244 e. The highest BCUT2D eigenvalue weighted by Crippen LogP contribution is 2.29. The molecule has 1 aromatic carbocycles. The number of aromatic amines is 1. The fourth-order valence-electron chi connectivity index (χ4n) is 4.37. The van der Waals surface area contributed by atoms with E-state index in [9.17, 15) is 4.79 Å².